The van der Waals surface area contributed by atoms with E-state index in [0.29, 0.717) is 25.7 Å². The molecule has 1 amide bonds. The second-order valence-corrected chi connectivity index (χ2v) is 5.29. The van der Waals surface area contributed by atoms with Crippen molar-refractivity contribution in [3.8, 4) is 0 Å². The average Bonchev–Trinajstić information content (AvgIpc) is 2.49. The van der Waals surface area contributed by atoms with Gasteiger partial charge in [0.25, 0.3) is 5.91 Å². The van der Waals surface area contributed by atoms with Crippen molar-refractivity contribution in [3.05, 3.63) is 0 Å². The first-order valence-electron chi connectivity index (χ1n) is 7.87. The minimum Gasteiger partial charge on any atom is -0.379 e. The molecule has 0 aromatic carbocycles. The van der Waals surface area contributed by atoms with E-state index in [9.17, 15) is 4.79 Å². The predicted octanol–water partition coefficient (Wildman–Crippen LogP) is 1.70. The summed E-state index contributed by atoms with van der Waals surface area (Å²) in [4.78, 5) is 14.2. The first-order valence-corrected chi connectivity index (χ1v) is 7.87. The second kappa shape index (κ2) is 12.2. The summed E-state index contributed by atoms with van der Waals surface area (Å²) in [5, 5.41) is 3.38. The molecule has 1 aliphatic rings. The highest BCUT2D eigenvalue weighted by Gasteiger charge is 2.26. The maximum atomic E-state index is 12.2. The molecule has 0 radical (unpaired) electrons. The number of nitrogens with one attached hydrogen (secondary N) is 1. The topological polar surface area (TPSA) is 50.8 Å². The van der Waals surface area contributed by atoms with Gasteiger partial charge >= 0.3 is 0 Å². The van der Waals surface area contributed by atoms with Crippen LogP contribution in [0.1, 0.15) is 33.6 Å². The Bertz CT molecular complexity index is 272. The van der Waals surface area contributed by atoms with Crippen molar-refractivity contribution in [1.82, 2.24) is 10.2 Å². The third-order valence-corrected chi connectivity index (χ3v) is 3.76. The van der Waals surface area contributed by atoms with Gasteiger partial charge in [-0.15, -0.1) is 12.4 Å². The Morgan fingerprint density at radius 1 is 1.29 bits per heavy atom. The largest absolute Gasteiger partial charge is 0.379 e. The molecular weight excluding hydrogens is 292 g/mol. The molecule has 1 N–H and O–H groups in total. The highest BCUT2D eigenvalue weighted by Crippen LogP contribution is 2.17. The Kier molecular flexibility index (Phi) is 12.0. The molecule has 21 heavy (non-hydrogen) atoms. The molecule has 126 valence electrons. The van der Waals surface area contributed by atoms with Crippen molar-refractivity contribution in [2.24, 2.45) is 5.92 Å². The zero-order valence-corrected chi connectivity index (χ0v) is 14.4. The lowest BCUT2D eigenvalue weighted by atomic mass is 9.96. The number of carbonyl (C=O) groups is 1. The van der Waals surface area contributed by atoms with Crippen LogP contribution in [-0.4, -0.2) is 62.9 Å². The summed E-state index contributed by atoms with van der Waals surface area (Å²) < 4.78 is 10.7. The van der Waals surface area contributed by atoms with Gasteiger partial charge < -0.3 is 19.7 Å². The molecule has 1 saturated heterocycles. The quantitative estimate of drug-likeness (QED) is 0.656. The molecule has 0 aliphatic carbocycles. The van der Waals surface area contributed by atoms with Crippen LogP contribution < -0.4 is 5.32 Å². The first kappa shape index (κ1) is 20.6. The zero-order chi connectivity index (χ0) is 14.8. The van der Waals surface area contributed by atoms with Gasteiger partial charge in [0.15, 0.2) is 0 Å². The number of hydrogen-bond donors (Lipinski definition) is 1. The SMILES string of the molecule is CCNCC1CCN(C(=O)C(C)OCCOCC)CC1.Cl. The van der Waals surface area contributed by atoms with Gasteiger partial charge in [-0.05, 0) is 45.7 Å². The van der Waals surface area contributed by atoms with Gasteiger partial charge in [-0.2, -0.15) is 0 Å². The average molecular weight is 323 g/mol. The normalized spacial score (nSPS) is 17.4. The van der Waals surface area contributed by atoms with Crippen LogP contribution in [0.5, 0.6) is 0 Å². The summed E-state index contributed by atoms with van der Waals surface area (Å²) in [6, 6.07) is 0. The van der Waals surface area contributed by atoms with Crippen LogP contribution in [0.3, 0.4) is 0 Å². The molecule has 1 atom stereocenters. The maximum Gasteiger partial charge on any atom is 0.251 e. The molecule has 1 rings (SSSR count). The van der Waals surface area contributed by atoms with Gasteiger partial charge in [-0.3, -0.25) is 4.79 Å². The van der Waals surface area contributed by atoms with Crippen LogP contribution in [0.2, 0.25) is 0 Å². The van der Waals surface area contributed by atoms with Crippen LogP contribution in [0.15, 0.2) is 0 Å². The van der Waals surface area contributed by atoms with Gasteiger partial charge in [0.1, 0.15) is 6.10 Å². The predicted molar refractivity (Wildman–Crippen MR) is 87.0 cm³/mol. The molecule has 5 nitrogen and oxygen atoms in total. The van der Waals surface area contributed by atoms with E-state index in [1.54, 1.807) is 0 Å². The molecule has 0 aromatic heterocycles. The van der Waals surface area contributed by atoms with E-state index in [0.717, 1.165) is 39.0 Å². The molecule has 0 bridgehead atoms. The van der Waals surface area contributed by atoms with Gasteiger partial charge in [0.2, 0.25) is 0 Å². The molecule has 0 saturated carbocycles. The number of ether oxygens (including phenoxy) is 2. The van der Waals surface area contributed by atoms with Crippen LogP contribution in [0.4, 0.5) is 0 Å². The van der Waals surface area contributed by atoms with E-state index in [1.807, 2.05) is 18.7 Å². The third kappa shape index (κ3) is 8.00. The smallest absolute Gasteiger partial charge is 0.251 e. The fourth-order valence-corrected chi connectivity index (χ4v) is 2.46. The monoisotopic (exact) mass is 322 g/mol. The van der Waals surface area contributed by atoms with Crippen LogP contribution in [-0.2, 0) is 14.3 Å². The number of amides is 1. The summed E-state index contributed by atoms with van der Waals surface area (Å²) in [6.45, 7) is 11.4. The fourth-order valence-electron chi connectivity index (χ4n) is 2.46. The Labute approximate surface area is 135 Å². The van der Waals surface area contributed by atoms with E-state index in [4.69, 9.17) is 9.47 Å². The lowest BCUT2D eigenvalue weighted by molar-refractivity contribution is -0.144. The molecule has 6 heteroatoms. The number of piperidine rings is 1. The van der Waals surface area contributed by atoms with Crippen molar-refractivity contribution < 1.29 is 14.3 Å². The van der Waals surface area contributed by atoms with Gasteiger partial charge in [-0.1, -0.05) is 6.92 Å². The minimum atomic E-state index is -0.360. The minimum absolute atomic E-state index is 0. The molecule has 0 spiro atoms. The van der Waals surface area contributed by atoms with E-state index in [-0.39, 0.29) is 24.4 Å². The standard InChI is InChI=1S/C15H30N2O3.ClH/c1-4-16-12-14-6-8-17(9-7-14)15(18)13(3)20-11-10-19-5-2;/h13-14,16H,4-12H2,1-3H3;1H. The van der Waals surface area contributed by atoms with E-state index in [2.05, 4.69) is 12.2 Å². The highest BCUT2D eigenvalue weighted by molar-refractivity contribution is 5.85. The number of rotatable bonds is 9. The molecular formula is C15H31ClN2O3. The molecule has 1 heterocycles. The molecule has 1 aliphatic heterocycles. The maximum absolute atomic E-state index is 12.2. The van der Waals surface area contributed by atoms with Crippen molar-refractivity contribution >= 4 is 18.3 Å². The Balaban J connectivity index is 0.00000400. The van der Waals surface area contributed by atoms with Gasteiger partial charge in [0.05, 0.1) is 13.2 Å². The van der Waals surface area contributed by atoms with E-state index in [1.165, 1.54) is 0 Å². The van der Waals surface area contributed by atoms with Crippen LogP contribution in [0.25, 0.3) is 0 Å². The van der Waals surface area contributed by atoms with Gasteiger partial charge in [-0.25, -0.2) is 0 Å². The van der Waals surface area contributed by atoms with Crippen molar-refractivity contribution in [2.45, 2.75) is 39.7 Å². The molecule has 0 aromatic rings. The summed E-state index contributed by atoms with van der Waals surface area (Å²) in [7, 11) is 0. The number of carbonyl (C=O) groups excluding carboxylic acids is 1. The fraction of sp³-hybridized carbons (Fsp3) is 0.933. The van der Waals surface area contributed by atoms with E-state index >= 15 is 0 Å². The summed E-state index contributed by atoms with van der Waals surface area (Å²) in [5.41, 5.74) is 0. The molecule has 1 unspecified atom stereocenters. The zero-order valence-electron chi connectivity index (χ0n) is 13.6. The number of likely N-dealkylation sites (tertiary alicyclic amines) is 1. The lowest BCUT2D eigenvalue weighted by Gasteiger charge is -2.33. The number of halogens is 1. The second-order valence-electron chi connectivity index (χ2n) is 5.29. The van der Waals surface area contributed by atoms with E-state index < -0.39 is 0 Å². The Morgan fingerprint density at radius 3 is 2.52 bits per heavy atom. The highest BCUT2D eigenvalue weighted by atomic mass is 35.5. The van der Waals surface area contributed by atoms with Crippen LogP contribution >= 0.6 is 12.4 Å². The van der Waals surface area contributed by atoms with Crippen molar-refractivity contribution in [2.75, 3.05) is 46.0 Å². The summed E-state index contributed by atoms with van der Waals surface area (Å²) in [5.74, 6) is 0.816. The van der Waals surface area contributed by atoms with Crippen molar-refractivity contribution in [3.63, 3.8) is 0 Å². The number of nitrogens with zero attached hydrogens (tertiary/aromatic N) is 1. The number of hydrogen-bond acceptors (Lipinski definition) is 4. The Morgan fingerprint density at radius 2 is 1.95 bits per heavy atom. The van der Waals surface area contributed by atoms with Crippen LogP contribution in [0, 0.1) is 5.92 Å². The lowest BCUT2D eigenvalue weighted by Crippen LogP contribution is -2.45. The molecule has 1 fully saturated rings. The third-order valence-electron chi connectivity index (χ3n) is 3.76. The summed E-state index contributed by atoms with van der Waals surface area (Å²) in [6.07, 6.45) is 1.82. The Hall–Kier alpha value is -0.360. The van der Waals surface area contributed by atoms with Gasteiger partial charge in [0, 0.05) is 19.7 Å². The summed E-state index contributed by atoms with van der Waals surface area (Å²) >= 11 is 0. The first-order chi connectivity index (χ1) is 9.69. The van der Waals surface area contributed by atoms with Crippen molar-refractivity contribution in [1.29, 1.82) is 0 Å².